The summed E-state index contributed by atoms with van der Waals surface area (Å²) in [5.41, 5.74) is 0.876. The summed E-state index contributed by atoms with van der Waals surface area (Å²) in [5, 5.41) is 9.48. The topological polar surface area (TPSA) is 46.3 Å². The van der Waals surface area contributed by atoms with Crippen LogP contribution in [0.15, 0.2) is 12.4 Å². The minimum Gasteiger partial charge on any atom is -0.350 e. The standard InChI is InChI=1S/C13H18BrN5/c1-10-16-17-13-12(15-7-9-18(10)13)19-8-3-2-4-11(19)5-6-14/h7,9,11H,2-6,8H2,1H3. The number of aryl methyl sites for hydroxylation is 1. The largest absolute Gasteiger partial charge is 0.350 e. The fourth-order valence-corrected chi connectivity index (χ4v) is 3.37. The summed E-state index contributed by atoms with van der Waals surface area (Å²) in [6.07, 6.45) is 8.70. The smallest absolute Gasteiger partial charge is 0.203 e. The normalized spacial score (nSPS) is 20.1. The molecular formula is C13H18BrN5. The van der Waals surface area contributed by atoms with Crippen LogP contribution in [0, 0.1) is 6.92 Å². The van der Waals surface area contributed by atoms with Crippen LogP contribution in [0.3, 0.4) is 0 Å². The Hall–Kier alpha value is -1.17. The molecule has 102 valence electrons. The first-order valence-corrected chi connectivity index (χ1v) is 7.92. The van der Waals surface area contributed by atoms with Gasteiger partial charge in [-0.15, -0.1) is 10.2 Å². The van der Waals surface area contributed by atoms with Gasteiger partial charge in [0.05, 0.1) is 0 Å². The molecule has 6 heteroatoms. The molecule has 0 aromatic carbocycles. The fourth-order valence-electron chi connectivity index (χ4n) is 2.84. The number of halogens is 1. The van der Waals surface area contributed by atoms with Gasteiger partial charge in [-0.25, -0.2) is 4.98 Å². The molecule has 0 amide bonds. The van der Waals surface area contributed by atoms with E-state index in [1.807, 2.05) is 23.7 Å². The molecule has 0 aliphatic carbocycles. The fraction of sp³-hybridized carbons (Fsp3) is 0.615. The zero-order valence-corrected chi connectivity index (χ0v) is 12.7. The molecule has 0 bridgehead atoms. The summed E-state index contributed by atoms with van der Waals surface area (Å²) in [4.78, 5) is 6.97. The second-order valence-electron chi connectivity index (χ2n) is 5.01. The Bertz CT molecular complexity index is 565. The molecule has 1 aliphatic heterocycles. The van der Waals surface area contributed by atoms with E-state index in [0.717, 1.165) is 35.6 Å². The van der Waals surface area contributed by atoms with E-state index in [9.17, 15) is 0 Å². The first-order chi connectivity index (χ1) is 9.31. The van der Waals surface area contributed by atoms with Crippen molar-refractivity contribution in [1.82, 2.24) is 19.6 Å². The van der Waals surface area contributed by atoms with E-state index in [-0.39, 0.29) is 0 Å². The quantitative estimate of drug-likeness (QED) is 0.814. The van der Waals surface area contributed by atoms with Crippen molar-refractivity contribution in [3.8, 4) is 0 Å². The Balaban J connectivity index is 2.01. The molecule has 2 aromatic rings. The Kier molecular flexibility index (Phi) is 3.68. The lowest BCUT2D eigenvalue weighted by molar-refractivity contribution is 0.450. The lowest BCUT2D eigenvalue weighted by atomic mass is 10.0. The number of piperidine rings is 1. The number of rotatable bonds is 3. The van der Waals surface area contributed by atoms with E-state index in [4.69, 9.17) is 0 Å². The third kappa shape index (κ3) is 2.33. The monoisotopic (exact) mass is 323 g/mol. The van der Waals surface area contributed by atoms with Crippen molar-refractivity contribution in [2.75, 3.05) is 16.8 Å². The second kappa shape index (κ2) is 5.45. The molecule has 0 spiro atoms. The molecule has 3 rings (SSSR count). The van der Waals surface area contributed by atoms with Gasteiger partial charge < -0.3 is 4.90 Å². The van der Waals surface area contributed by atoms with Crippen molar-refractivity contribution in [1.29, 1.82) is 0 Å². The maximum Gasteiger partial charge on any atom is 0.203 e. The van der Waals surface area contributed by atoms with Crippen LogP contribution in [0.5, 0.6) is 0 Å². The molecule has 5 nitrogen and oxygen atoms in total. The lowest BCUT2D eigenvalue weighted by Crippen LogP contribution is -2.40. The summed E-state index contributed by atoms with van der Waals surface area (Å²) >= 11 is 3.56. The van der Waals surface area contributed by atoms with Crippen LogP contribution in [-0.4, -0.2) is 37.5 Å². The molecule has 3 heterocycles. The summed E-state index contributed by atoms with van der Waals surface area (Å²) in [5.74, 6) is 1.89. The molecule has 1 aliphatic rings. The zero-order valence-electron chi connectivity index (χ0n) is 11.1. The van der Waals surface area contributed by atoms with Crippen LogP contribution in [0.2, 0.25) is 0 Å². The third-order valence-corrected chi connectivity index (χ3v) is 4.28. The summed E-state index contributed by atoms with van der Waals surface area (Å²) in [7, 11) is 0. The average molecular weight is 324 g/mol. The Labute approximate surface area is 121 Å². The van der Waals surface area contributed by atoms with Gasteiger partial charge in [-0.2, -0.15) is 0 Å². The van der Waals surface area contributed by atoms with E-state index >= 15 is 0 Å². The SMILES string of the molecule is Cc1nnc2c(N3CCCCC3CCBr)nccn12. The van der Waals surface area contributed by atoms with E-state index in [1.165, 1.54) is 19.3 Å². The second-order valence-corrected chi connectivity index (χ2v) is 5.81. The van der Waals surface area contributed by atoms with Gasteiger partial charge in [0.15, 0.2) is 5.82 Å². The third-order valence-electron chi connectivity index (χ3n) is 3.82. The van der Waals surface area contributed by atoms with E-state index in [0.29, 0.717) is 6.04 Å². The maximum absolute atomic E-state index is 4.56. The van der Waals surface area contributed by atoms with Gasteiger partial charge in [0, 0.05) is 30.3 Å². The molecule has 2 aromatic heterocycles. The van der Waals surface area contributed by atoms with Gasteiger partial charge in [0.2, 0.25) is 5.65 Å². The highest BCUT2D eigenvalue weighted by atomic mass is 79.9. The Morgan fingerprint density at radius 1 is 1.37 bits per heavy atom. The molecule has 0 N–H and O–H groups in total. The molecular weight excluding hydrogens is 306 g/mol. The van der Waals surface area contributed by atoms with Crippen molar-refractivity contribution in [2.45, 2.75) is 38.6 Å². The highest BCUT2D eigenvalue weighted by Gasteiger charge is 2.25. The number of hydrogen-bond donors (Lipinski definition) is 0. The van der Waals surface area contributed by atoms with Crippen LogP contribution >= 0.6 is 15.9 Å². The van der Waals surface area contributed by atoms with E-state index in [1.54, 1.807) is 0 Å². The average Bonchev–Trinajstić information content (AvgIpc) is 2.82. The zero-order chi connectivity index (χ0) is 13.2. The van der Waals surface area contributed by atoms with Gasteiger partial charge in [-0.05, 0) is 32.6 Å². The first kappa shape index (κ1) is 12.8. The van der Waals surface area contributed by atoms with Gasteiger partial charge in [-0.1, -0.05) is 15.9 Å². The lowest BCUT2D eigenvalue weighted by Gasteiger charge is -2.36. The Morgan fingerprint density at radius 3 is 3.11 bits per heavy atom. The first-order valence-electron chi connectivity index (χ1n) is 6.80. The summed E-state index contributed by atoms with van der Waals surface area (Å²) < 4.78 is 2.02. The van der Waals surface area contributed by atoms with Crippen LogP contribution in [0.1, 0.15) is 31.5 Å². The summed E-state index contributed by atoms with van der Waals surface area (Å²) in [6, 6.07) is 0.559. The number of fused-ring (bicyclic) bond motifs is 1. The highest BCUT2D eigenvalue weighted by Crippen LogP contribution is 2.27. The Morgan fingerprint density at radius 2 is 2.26 bits per heavy atom. The maximum atomic E-state index is 4.56. The van der Waals surface area contributed by atoms with Crippen molar-refractivity contribution in [3.63, 3.8) is 0 Å². The van der Waals surface area contributed by atoms with Gasteiger partial charge in [0.25, 0.3) is 0 Å². The molecule has 1 atom stereocenters. The predicted octanol–water partition coefficient (Wildman–Crippen LogP) is 2.58. The van der Waals surface area contributed by atoms with Crippen LogP contribution in [-0.2, 0) is 0 Å². The molecule has 1 saturated heterocycles. The minimum atomic E-state index is 0.559. The van der Waals surface area contributed by atoms with E-state index < -0.39 is 0 Å². The number of aromatic nitrogens is 4. The van der Waals surface area contributed by atoms with E-state index in [2.05, 4.69) is 36.0 Å². The van der Waals surface area contributed by atoms with Crippen molar-refractivity contribution in [3.05, 3.63) is 18.2 Å². The molecule has 0 radical (unpaired) electrons. The van der Waals surface area contributed by atoms with Crippen molar-refractivity contribution in [2.24, 2.45) is 0 Å². The minimum absolute atomic E-state index is 0.559. The van der Waals surface area contributed by atoms with Crippen LogP contribution < -0.4 is 4.90 Å². The number of nitrogens with zero attached hydrogens (tertiary/aromatic N) is 5. The molecule has 19 heavy (non-hydrogen) atoms. The van der Waals surface area contributed by atoms with Crippen molar-refractivity contribution < 1.29 is 0 Å². The number of hydrogen-bond acceptors (Lipinski definition) is 4. The molecule has 1 unspecified atom stereocenters. The van der Waals surface area contributed by atoms with Crippen LogP contribution in [0.25, 0.3) is 5.65 Å². The molecule has 1 fully saturated rings. The van der Waals surface area contributed by atoms with Gasteiger partial charge in [-0.3, -0.25) is 4.40 Å². The van der Waals surface area contributed by atoms with Crippen molar-refractivity contribution >= 4 is 27.4 Å². The van der Waals surface area contributed by atoms with Gasteiger partial charge >= 0.3 is 0 Å². The van der Waals surface area contributed by atoms with Crippen LogP contribution in [0.4, 0.5) is 5.82 Å². The number of alkyl halides is 1. The summed E-state index contributed by atoms with van der Waals surface area (Å²) in [6.45, 7) is 3.03. The van der Waals surface area contributed by atoms with Gasteiger partial charge in [0.1, 0.15) is 5.82 Å². The highest BCUT2D eigenvalue weighted by molar-refractivity contribution is 9.09. The predicted molar refractivity (Wildman–Crippen MR) is 78.9 cm³/mol. The molecule has 0 saturated carbocycles. The number of anilines is 1.